The molecule has 0 atom stereocenters. The highest BCUT2D eigenvalue weighted by atomic mass is 19.1. The zero-order chi connectivity index (χ0) is 17.0. The van der Waals surface area contributed by atoms with Crippen LogP contribution < -0.4 is 9.84 Å². The van der Waals surface area contributed by atoms with E-state index in [2.05, 4.69) is 0 Å². The SMILES string of the molecule is COc1ccc(C(=O)/C=C/c2ccc([O-])c([N+](=O)[O-])c2)cc1F. The molecule has 118 valence electrons. The maximum Gasteiger partial charge on any atom is 0.262 e. The number of nitrogens with zero attached hydrogens (tertiary/aromatic N) is 1. The quantitative estimate of drug-likeness (QED) is 0.366. The topological polar surface area (TPSA) is 92.5 Å². The van der Waals surface area contributed by atoms with Gasteiger partial charge in [0.15, 0.2) is 17.3 Å². The maximum atomic E-state index is 13.5. The van der Waals surface area contributed by atoms with E-state index in [0.29, 0.717) is 5.56 Å². The number of carbonyl (C=O) groups excluding carboxylic acids is 1. The highest BCUT2D eigenvalue weighted by Crippen LogP contribution is 2.24. The van der Waals surface area contributed by atoms with E-state index in [1.54, 1.807) is 0 Å². The second-order valence-corrected chi connectivity index (χ2v) is 4.53. The Morgan fingerprint density at radius 3 is 2.61 bits per heavy atom. The summed E-state index contributed by atoms with van der Waals surface area (Å²) in [5.41, 5.74) is -0.150. The van der Waals surface area contributed by atoms with Gasteiger partial charge in [0, 0.05) is 11.6 Å². The molecule has 0 heterocycles. The fourth-order valence-corrected chi connectivity index (χ4v) is 1.87. The van der Waals surface area contributed by atoms with Gasteiger partial charge in [-0.25, -0.2) is 4.39 Å². The molecule has 0 aliphatic heterocycles. The minimum absolute atomic E-state index is 0.0205. The number of rotatable bonds is 5. The summed E-state index contributed by atoms with van der Waals surface area (Å²) >= 11 is 0. The predicted octanol–water partition coefficient (Wildman–Crippen LogP) is 2.71. The van der Waals surface area contributed by atoms with Crippen LogP contribution in [0.1, 0.15) is 15.9 Å². The van der Waals surface area contributed by atoms with Gasteiger partial charge in [-0.1, -0.05) is 18.2 Å². The van der Waals surface area contributed by atoms with Crippen LogP contribution in [0.2, 0.25) is 0 Å². The molecule has 23 heavy (non-hydrogen) atoms. The van der Waals surface area contributed by atoms with E-state index in [4.69, 9.17) is 4.74 Å². The first-order chi connectivity index (χ1) is 10.9. The lowest BCUT2D eigenvalue weighted by atomic mass is 10.1. The molecule has 2 rings (SSSR count). The number of methoxy groups -OCH3 is 1. The van der Waals surface area contributed by atoms with Gasteiger partial charge in [0.05, 0.1) is 12.0 Å². The van der Waals surface area contributed by atoms with Gasteiger partial charge in [-0.05, 0) is 35.6 Å². The predicted molar refractivity (Wildman–Crippen MR) is 78.9 cm³/mol. The number of benzene rings is 2. The Morgan fingerprint density at radius 2 is 2.00 bits per heavy atom. The summed E-state index contributed by atoms with van der Waals surface area (Å²) in [6.07, 6.45) is 2.46. The third-order valence-electron chi connectivity index (χ3n) is 3.04. The lowest BCUT2D eigenvalue weighted by Gasteiger charge is -2.06. The van der Waals surface area contributed by atoms with Gasteiger partial charge in [-0.2, -0.15) is 0 Å². The van der Waals surface area contributed by atoms with E-state index < -0.39 is 28.0 Å². The van der Waals surface area contributed by atoms with Crippen LogP contribution in [0.3, 0.4) is 0 Å². The van der Waals surface area contributed by atoms with Crippen molar-refractivity contribution in [1.29, 1.82) is 0 Å². The van der Waals surface area contributed by atoms with Crippen molar-refractivity contribution >= 4 is 17.5 Å². The molecular formula is C16H11FNO5-. The standard InChI is InChI=1S/C16H12FNO5/c1-23-16-7-4-11(9-12(16)17)14(19)5-2-10-3-6-15(20)13(8-10)18(21)22/h2-9,20H,1H3/p-1/b5-2+. The molecule has 0 saturated heterocycles. The number of halogens is 1. The summed E-state index contributed by atoms with van der Waals surface area (Å²) < 4.78 is 18.3. The first kappa shape index (κ1) is 16.2. The summed E-state index contributed by atoms with van der Waals surface area (Å²) in [5.74, 6) is -1.85. The maximum absolute atomic E-state index is 13.5. The van der Waals surface area contributed by atoms with Gasteiger partial charge in [-0.15, -0.1) is 0 Å². The molecule has 0 amide bonds. The van der Waals surface area contributed by atoms with Gasteiger partial charge >= 0.3 is 0 Å². The van der Waals surface area contributed by atoms with Crippen molar-refractivity contribution in [3.63, 3.8) is 0 Å². The van der Waals surface area contributed by atoms with Crippen LogP contribution in [0.5, 0.6) is 11.5 Å². The molecule has 0 aromatic heterocycles. The van der Waals surface area contributed by atoms with Crippen LogP contribution in [-0.4, -0.2) is 17.8 Å². The summed E-state index contributed by atoms with van der Waals surface area (Å²) in [6.45, 7) is 0. The molecule has 0 spiro atoms. The second kappa shape index (κ2) is 6.69. The van der Waals surface area contributed by atoms with Gasteiger partial charge in [0.25, 0.3) is 5.69 Å². The summed E-state index contributed by atoms with van der Waals surface area (Å²) in [5, 5.41) is 22.0. The van der Waals surface area contributed by atoms with Gasteiger partial charge in [0.1, 0.15) is 0 Å². The first-order valence-corrected chi connectivity index (χ1v) is 6.44. The van der Waals surface area contributed by atoms with Crippen molar-refractivity contribution in [2.45, 2.75) is 0 Å². The van der Waals surface area contributed by atoms with Crippen molar-refractivity contribution < 1.29 is 24.0 Å². The number of allylic oxidation sites excluding steroid dienone is 1. The zero-order valence-electron chi connectivity index (χ0n) is 12.0. The number of nitro benzene ring substituents is 1. The van der Waals surface area contributed by atoms with E-state index in [1.807, 2.05) is 0 Å². The number of hydrogen-bond donors (Lipinski definition) is 0. The van der Waals surface area contributed by atoms with Crippen LogP contribution in [0, 0.1) is 15.9 Å². The third kappa shape index (κ3) is 3.70. The summed E-state index contributed by atoms with van der Waals surface area (Å²) in [4.78, 5) is 21.9. The summed E-state index contributed by atoms with van der Waals surface area (Å²) in [7, 11) is 1.31. The molecule has 2 aromatic rings. The van der Waals surface area contributed by atoms with Crippen molar-refractivity contribution in [2.24, 2.45) is 0 Å². The fraction of sp³-hybridized carbons (Fsp3) is 0.0625. The Kier molecular flexibility index (Phi) is 4.70. The van der Waals surface area contributed by atoms with E-state index in [9.17, 15) is 24.4 Å². The Morgan fingerprint density at radius 1 is 1.26 bits per heavy atom. The minimum Gasteiger partial charge on any atom is -0.868 e. The Labute approximate surface area is 130 Å². The molecule has 2 aromatic carbocycles. The summed E-state index contributed by atoms with van der Waals surface area (Å²) in [6, 6.07) is 7.24. The molecular weight excluding hydrogens is 305 g/mol. The fourth-order valence-electron chi connectivity index (χ4n) is 1.87. The average molecular weight is 316 g/mol. The number of ketones is 1. The number of hydrogen-bond acceptors (Lipinski definition) is 5. The number of nitro groups is 1. The second-order valence-electron chi connectivity index (χ2n) is 4.53. The average Bonchev–Trinajstić information content (AvgIpc) is 2.53. The number of carbonyl (C=O) groups is 1. The molecule has 0 N–H and O–H groups in total. The first-order valence-electron chi connectivity index (χ1n) is 6.44. The Hall–Kier alpha value is -3.22. The Bertz CT molecular complexity index is 801. The lowest BCUT2D eigenvalue weighted by Crippen LogP contribution is -1.98. The monoisotopic (exact) mass is 316 g/mol. The molecule has 0 saturated carbocycles. The molecule has 0 fully saturated rings. The van der Waals surface area contributed by atoms with Gasteiger partial charge in [-0.3, -0.25) is 14.9 Å². The number of ether oxygens (including phenoxy) is 1. The Balaban J connectivity index is 2.23. The van der Waals surface area contributed by atoms with Gasteiger partial charge in [0.2, 0.25) is 0 Å². The highest BCUT2D eigenvalue weighted by Gasteiger charge is 2.09. The van der Waals surface area contributed by atoms with Crippen molar-refractivity contribution in [2.75, 3.05) is 7.11 Å². The molecule has 6 nitrogen and oxygen atoms in total. The molecule has 7 heteroatoms. The normalized spacial score (nSPS) is 10.7. The van der Waals surface area contributed by atoms with Crippen LogP contribution >= 0.6 is 0 Å². The third-order valence-corrected chi connectivity index (χ3v) is 3.04. The van der Waals surface area contributed by atoms with Crippen LogP contribution in [-0.2, 0) is 0 Å². The largest absolute Gasteiger partial charge is 0.868 e. The molecule has 0 aliphatic rings. The van der Waals surface area contributed by atoms with E-state index in [-0.39, 0.29) is 11.3 Å². The van der Waals surface area contributed by atoms with Crippen molar-refractivity contribution in [1.82, 2.24) is 0 Å². The van der Waals surface area contributed by atoms with Gasteiger partial charge < -0.3 is 9.84 Å². The molecule has 0 aliphatic carbocycles. The lowest BCUT2D eigenvalue weighted by molar-refractivity contribution is -0.398. The smallest absolute Gasteiger partial charge is 0.262 e. The molecule has 0 bridgehead atoms. The van der Waals surface area contributed by atoms with Crippen LogP contribution in [0.4, 0.5) is 10.1 Å². The molecule has 0 radical (unpaired) electrons. The van der Waals surface area contributed by atoms with E-state index in [1.165, 1.54) is 31.4 Å². The van der Waals surface area contributed by atoms with Crippen molar-refractivity contribution in [3.8, 4) is 11.5 Å². The van der Waals surface area contributed by atoms with Crippen LogP contribution in [0.25, 0.3) is 6.08 Å². The highest BCUT2D eigenvalue weighted by molar-refractivity contribution is 6.06. The van der Waals surface area contributed by atoms with E-state index in [0.717, 1.165) is 24.3 Å². The zero-order valence-corrected chi connectivity index (χ0v) is 12.0. The molecule has 0 unspecified atom stereocenters. The minimum atomic E-state index is -0.791. The van der Waals surface area contributed by atoms with Crippen LogP contribution in [0.15, 0.2) is 42.5 Å². The van der Waals surface area contributed by atoms with Crippen molar-refractivity contribution in [3.05, 3.63) is 69.5 Å². The van der Waals surface area contributed by atoms with E-state index >= 15 is 0 Å².